The van der Waals surface area contributed by atoms with Crippen LogP contribution in [0.5, 0.6) is 0 Å². The summed E-state index contributed by atoms with van der Waals surface area (Å²) in [6.45, 7) is 10.9. The van der Waals surface area contributed by atoms with Crippen molar-refractivity contribution in [3.8, 4) is 0 Å². The molecule has 2 amide bonds. The van der Waals surface area contributed by atoms with Crippen LogP contribution in [0.3, 0.4) is 0 Å². The van der Waals surface area contributed by atoms with E-state index in [2.05, 4.69) is 5.32 Å². The third-order valence-electron chi connectivity index (χ3n) is 5.95. The van der Waals surface area contributed by atoms with Crippen molar-refractivity contribution in [3.05, 3.63) is 65.2 Å². The first kappa shape index (κ1) is 29.4. The number of hydrogen-bond acceptors (Lipinski definition) is 4. The zero-order chi connectivity index (χ0) is 26.9. The number of hydrogen-bond donors (Lipinski definition) is 1. The van der Waals surface area contributed by atoms with E-state index in [9.17, 15) is 18.0 Å². The highest BCUT2D eigenvalue weighted by atomic mass is 32.2. The summed E-state index contributed by atoms with van der Waals surface area (Å²) >= 11 is 0. The van der Waals surface area contributed by atoms with Crippen LogP contribution in [0, 0.1) is 19.8 Å². The Morgan fingerprint density at radius 1 is 1.00 bits per heavy atom. The lowest BCUT2D eigenvalue weighted by molar-refractivity contribution is -0.141. The van der Waals surface area contributed by atoms with E-state index in [0.29, 0.717) is 37.5 Å². The third-order valence-corrected chi connectivity index (χ3v) is 7.14. The van der Waals surface area contributed by atoms with Crippen molar-refractivity contribution in [3.63, 3.8) is 0 Å². The number of nitrogens with zero attached hydrogens (tertiary/aromatic N) is 2. The van der Waals surface area contributed by atoms with Crippen molar-refractivity contribution < 1.29 is 18.0 Å². The molecule has 7 nitrogen and oxygen atoms in total. The highest BCUT2D eigenvalue weighted by Crippen LogP contribution is 2.21. The maximum absolute atomic E-state index is 13.5. The molecule has 0 radical (unpaired) electrons. The number of sulfonamides is 1. The van der Waals surface area contributed by atoms with Crippen molar-refractivity contribution in [1.29, 1.82) is 0 Å². The smallest absolute Gasteiger partial charge is 0.242 e. The van der Waals surface area contributed by atoms with Crippen molar-refractivity contribution in [2.45, 2.75) is 66.5 Å². The first-order valence-electron chi connectivity index (χ1n) is 12.6. The fourth-order valence-electron chi connectivity index (χ4n) is 4.14. The van der Waals surface area contributed by atoms with Crippen molar-refractivity contribution in [2.24, 2.45) is 5.92 Å². The second kappa shape index (κ2) is 13.4. The zero-order valence-corrected chi connectivity index (χ0v) is 23.3. The third kappa shape index (κ3) is 8.97. The van der Waals surface area contributed by atoms with E-state index >= 15 is 0 Å². The molecule has 1 unspecified atom stereocenters. The van der Waals surface area contributed by atoms with E-state index in [1.54, 1.807) is 11.0 Å². The van der Waals surface area contributed by atoms with Gasteiger partial charge in [-0.3, -0.25) is 13.9 Å². The van der Waals surface area contributed by atoms with Crippen molar-refractivity contribution in [1.82, 2.24) is 10.2 Å². The van der Waals surface area contributed by atoms with Gasteiger partial charge in [-0.1, -0.05) is 62.7 Å². The van der Waals surface area contributed by atoms with Gasteiger partial charge in [-0.2, -0.15) is 0 Å². The minimum Gasteiger partial charge on any atom is -0.354 e. The Kier molecular flexibility index (Phi) is 11.0. The number of anilines is 1. The topological polar surface area (TPSA) is 86.8 Å². The number of carbonyl (C=O) groups excluding carboxylic acids is 2. The van der Waals surface area contributed by atoms with Crippen molar-refractivity contribution >= 4 is 27.5 Å². The van der Waals surface area contributed by atoms with E-state index in [0.717, 1.165) is 16.7 Å². The van der Waals surface area contributed by atoms with Gasteiger partial charge in [0.15, 0.2) is 0 Å². The van der Waals surface area contributed by atoms with Crippen LogP contribution in [0.4, 0.5) is 5.69 Å². The van der Waals surface area contributed by atoms with Gasteiger partial charge in [0.1, 0.15) is 6.04 Å². The van der Waals surface area contributed by atoms with Gasteiger partial charge in [0.25, 0.3) is 0 Å². The largest absolute Gasteiger partial charge is 0.354 e. The maximum atomic E-state index is 13.5. The van der Waals surface area contributed by atoms with Crippen molar-refractivity contribution in [2.75, 3.05) is 23.7 Å². The summed E-state index contributed by atoms with van der Waals surface area (Å²) in [5.41, 5.74) is 3.58. The standard InChI is InChI=1S/C28H41N3O4S/c1-7-26(28(33)29-19-21(2)3)30(20-24-13-8-11-22(4)17-24)27(32)15-10-16-31(36(6,34)35)25-14-9-12-23(5)18-25/h8-9,11-14,17-18,21,26H,7,10,15-16,19-20H2,1-6H3,(H,29,33). The zero-order valence-electron chi connectivity index (χ0n) is 22.5. The van der Waals surface area contributed by atoms with Crippen LogP contribution in [0.25, 0.3) is 0 Å². The van der Waals surface area contributed by atoms with Crippen LogP contribution in [0.1, 0.15) is 56.7 Å². The molecule has 0 aliphatic rings. The molecular weight excluding hydrogens is 474 g/mol. The highest BCUT2D eigenvalue weighted by Gasteiger charge is 2.29. The van der Waals surface area contributed by atoms with Gasteiger partial charge in [0.2, 0.25) is 21.8 Å². The van der Waals surface area contributed by atoms with E-state index in [-0.39, 0.29) is 24.8 Å². The van der Waals surface area contributed by atoms with Crippen LogP contribution in [-0.4, -0.2) is 50.5 Å². The van der Waals surface area contributed by atoms with Crippen LogP contribution < -0.4 is 9.62 Å². The molecule has 0 saturated heterocycles. The average molecular weight is 516 g/mol. The molecule has 36 heavy (non-hydrogen) atoms. The Bertz CT molecular complexity index is 1130. The molecule has 0 aliphatic carbocycles. The highest BCUT2D eigenvalue weighted by molar-refractivity contribution is 7.92. The van der Waals surface area contributed by atoms with Gasteiger partial charge in [-0.15, -0.1) is 0 Å². The summed E-state index contributed by atoms with van der Waals surface area (Å²) in [5, 5.41) is 2.97. The van der Waals surface area contributed by atoms with Crippen LogP contribution in [-0.2, 0) is 26.2 Å². The quantitative estimate of drug-likeness (QED) is 0.428. The van der Waals surface area contributed by atoms with Gasteiger partial charge in [-0.05, 0) is 55.9 Å². The van der Waals surface area contributed by atoms with Crippen LogP contribution in [0.15, 0.2) is 48.5 Å². The summed E-state index contributed by atoms with van der Waals surface area (Å²) in [6, 6.07) is 14.6. The van der Waals surface area contributed by atoms with Gasteiger partial charge < -0.3 is 10.2 Å². The van der Waals surface area contributed by atoms with Gasteiger partial charge in [-0.25, -0.2) is 8.42 Å². The fraction of sp³-hybridized carbons (Fsp3) is 0.500. The summed E-state index contributed by atoms with van der Waals surface area (Å²) < 4.78 is 26.3. The molecule has 0 saturated carbocycles. The Morgan fingerprint density at radius 3 is 2.19 bits per heavy atom. The molecule has 0 aliphatic heterocycles. The van der Waals surface area contributed by atoms with Gasteiger partial charge in [0, 0.05) is 26.1 Å². The second-order valence-electron chi connectivity index (χ2n) is 9.85. The summed E-state index contributed by atoms with van der Waals surface area (Å²) in [4.78, 5) is 28.1. The van der Waals surface area contributed by atoms with E-state index in [4.69, 9.17) is 0 Å². The SMILES string of the molecule is CCC(C(=O)NCC(C)C)N(Cc1cccc(C)c1)C(=O)CCCN(c1cccc(C)c1)S(C)(=O)=O. The number of benzene rings is 2. The minimum atomic E-state index is -3.51. The second-order valence-corrected chi connectivity index (χ2v) is 11.8. The van der Waals surface area contributed by atoms with Crippen LogP contribution in [0.2, 0.25) is 0 Å². The molecular formula is C28H41N3O4S. The molecule has 0 bridgehead atoms. The Labute approximate surface area is 216 Å². The molecule has 0 spiro atoms. The first-order valence-corrected chi connectivity index (χ1v) is 14.4. The lowest BCUT2D eigenvalue weighted by atomic mass is 10.1. The van der Waals surface area contributed by atoms with Gasteiger partial charge >= 0.3 is 0 Å². The minimum absolute atomic E-state index is 0.137. The summed E-state index contributed by atoms with van der Waals surface area (Å²) in [5.74, 6) is -0.0264. The Hall–Kier alpha value is -2.87. The molecule has 0 aromatic heterocycles. The Morgan fingerprint density at radius 2 is 1.64 bits per heavy atom. The number of rotatable bonds is 13. The normalized spacial score (nSPS) is 12.3. The van der Waals surface area contributed by atoms with E-state index in [1.807, 2.05) is 77.1 Å². The molecule has 0 heterocycles. The number of nitrogens with one attached hydrogen (secondary N) is 1. The predicted octanol–water partition coefficient (Wildman–Crippen LogP) is 4.43. The van der Waals surface area contributed by atoms with Gasteiger partial charge in [0.05, 0.1) is 11.9 Å². The maximum Gasteiger partial charge on any atom is 0.242 e. The molecule has 198 valence electrons. The van der Waals surface area contributed by atoms with E-state index in [1.165, 1.54) is 10.6 Å². The molecule has 0 fully saturated rings. The summed E-state index contributed by atoms with van der Waals surface area (Å²) in [6.07, 6.45) is 2.14. The average Bonchev–Trinajstić information content (AvgIpc) is 2.79. The lowest BCUT2D eigenvalue weighted by Crippen LogP contribution is -2.49. The molecule has 8 heteroatoms. The first-order chi connectivity index (χ1) is 16.9. The number of aryl methyl sites for hydroxylation is 2. The van der Waals surface area contributed by atoms with Crippen LogP contribution >= 0.6 is 0 Å². The molecule has 2 aromatic rings. The lowest BCUT2D eigenvalue weighted by Gasteiger charge is -2.31. The number of amides is 2. The van der Waals surface area contributed by atoms with E-state index < -0.39 is 16.1 Å². The predicted molar refractivity (Wildman–Crippen MR) is 146 cm³/mol. The Balaban J connectivity index is 2.21. The molecule has 2 aromatic carbocycles. The number of carbonyl (C=O) groups is 2. The molecule has 1 atom stereocenters. The fourth-order valence-corrected chi connectivity index (χ4v) is 5.09. The summed E-state index contributed by atoms with van der Waals surface area (Å²) in [7, 11) is -3.51. The monoisotopic (exact) mass is 515 g/mol. The molecule has 2 rings (SSSR count). The molecule has 1 N–H and O–H groups in total.